The molecule has 3 N–H and O–H groups in total. The van der Waals surface area contributed by atoms with Gasteiger partial charge in [0.1, 0.15) is 5.82 Å². The van der Waals surface area contributed by atoms with E-state index >= 15 is 0 Å². The Bertz CT molecular complexity index is 1240. The zero-order valence-corrected chi connectivity index (χ0v) is 17.4. The summed E-state index contributed by atoms with van der Waals surface area (Å²) in [5.74, 6) is 1.23. The lowest BCUT2D eigenvalue weighted by Crippen LogP contribution is -2.32. The van der Waals surface area contributed by atoms with Crippen LogP contribution in [0.2, 0.25) is 0 Å². The molecule has 9 heteroatoms. The Morgan fingerprint density at radius 3 is 2.24 bits per heavy atom. The average Bonchev–Trinajstić information content (AvgIpc) is 2.82. The van der Waals surface area contributed by atoms with Gasteiger partial charge in [-0.1, -0.05) is 42.5 Å². The van der Waals surface area contributed by atoms with Crippen molar-refractivity contribution in [3.8, 4) is 11.4 Å². The molecule has 0 spiro atoms. The van der Waals surface area contributed by atoms with Crippen LogP contribution in [0.15, 0.2) is 78.9 Å². The maximum atomic E-state index is 12.6. The monoisotopic (exact) mass is 451 g/mol. The van der Waals surface area contributed by atoms with Crippen LogP contribution < -0.4 is 16.0 Å². The SMILES string of the molecule is O=C(NCCNc1nc(-c2ccccc2)nc2ccccc12)Nc1ccc(C(F)(F)F)cc1. The third kappa shape index (κ3) is 5.57. The van der Waals surface area contributed by atoms with Gasteiger partial charge in [0, 0.05) is 29.7 Å². The molecule has 168 valence electrons. The van der Waals surface area contributed by atoms with E-state index in [4.69, 9.17) is 0 Å². The predicted octanol–water partition coefficient (Wildman–Crippen LogP) is 5.55. The van der Waals surface area contributed by atoms with E-state index in [9.17, 15) is 18.0 Å². The Morgan fingerprint density at radius 2 is 1.52 bits per heavy atom. The third-order valence-electron chi connectivity index (χ3n) is 4.81. The Hall–Kier alpha value is -4.14. The number of carbonyl (C=O) groups excluding carboxylic acids is 1. The van der Waals surface area contributed by atoms with Gasteiger partial charge in [-0.3, -0.25) is 0 Å². The van der Waals surface area contributed by atoms with Crippen molar-refractivity contribution >= 4 is 28.4 Å². The average molecular weight is 451 g/mol. The zero-order valence-electron chi connectivity index (χ0n) is 17.4. The topological polar surface area (TPSA) is 78.9 Å². The van der Waals surface area contributed by atoms with E-state index in [1.54, 1.807) is 0 Å². The number of anilines is 2. The number of hydrogen-bond donors (Lipinski definition) is 3. The van der Waals surface area contributed by atoms with Crippen molar-refractivity contribution in [2.24, 2.45) is 0 Å². The van der Waals surface area contributed by atoms with Gasteiger partial charge in [-0.25, -0.2) is 14.8 Å². The number of hydrogen-bond acceptors (Lipinski definition) is 4. The second kappa shape index (κ2) is 9.56. The highest BCUT2D eigenvalue weighted by molar-refractivity contribution is 5.91. The molecule has 4 aromatic rings. The lowest BCUT2D eigenvalue weighted by atomic mass is 10.2. The Morgan fingerprint density at radius 1 is 0.818 bits per heavy atom. The summed E-state index contributed by atoms with van der Waals surface area (Å²) in [6.45, 7) is 0.654. The first-order valence-corrected chi connectivity index (χ1v) is 10.2. The minimum atomic E-state index is -4.42. The number of nitrogens with zero attached hydrogens (tertiary/aromatic N) is 2. The standard InChI is InChI=1S/C24H20F3N5O/c25-24(26,27)17-10-12-18(13-11-17)30-23(33)29-15-14-28-22-19-8-4-5-9-20(19)31-21(32-22)16-6-2-1-3-7-16/h1-13H,14-15H2,(H,28,31,32)(H2,29,30,33). The second-order valence-electron chi connectivity index (χ2n) is 7.16. The first-order chi connectivity index (χ1) is 15.9. The first-order valence-electron chi connectivity index (χ1n) is 10.2. The Labute approximate surface area is 187 Å². The van der Waals surface area contributed by atoms with Gasteiger partial charge >= 0.3 is 12.2 Å². The van der Waals surface area contributed by atoms with E-state index in [1.165, 1.54) is 12.1 Å². The fraction of sp³-hybridized carbons (Fsp3) is 0.125. The van der Waals surface area contributed by atoms with Crippen LogP contribution >= 0.6 is 0 Å². The molecule has 0 atom stereocenters. The van der Waals surface area contributed by atoms with E-state index in [0.717, 1.165) is 28.6 Å². The van der Waals surface area contributed by atoms with Crippen LogP contribution in [0.4, 0.5) is 29.5 Å². The number of benzene rings is 3. The summed E-state index contributed by atoms with van der Waals surface area (Å²) in [6, 6.07) is 21.0. The number of para-hydroxylation sites is 1. The summed E-state index contributed by atoms with van der Waals surface area (Å²) in [5.41, 5.74) is 1.18. The van der Waals surface area contributed by atoms with Gasteiger partial charge in [0.15, 0.2) is 5.82 Å². The van der Waals surface area contributed by atoms with E-state index in [1.807, 2.05) is 54.6 Å². The molecular weight excluding hydrogens is 431 g/mol. The third-order valence-corrected chi connectivity index (χ3v) is 4.81. The van der Waals surface area contributed by atoms with Gasteiger partial charge in [-0.2, -0.15) is 13.2 Å². The molecule has 1 aromatic heterocycles. The molecule has 0 aliphatic heterocycles. The Balaban J connectivity index is 1.36. The number of fused-ring (bicyclic) bond motifs is 1. The maximum Gasteiger partial charge on any atom is 0.416 e. The van der Waals surface area contributed by atoms with Crippen molar-refractivity contribution in [2.75, 3.05) is 23.7 Å². The number of nitrogens with one attached hydrogen (secondary N) is 3. The fourth-order valence-corrected chi connectivity index (χ4v) is 3.20. The maximum absolute atomic E-state index is 12.6. The van der Waals surface area contributed by atoms with Crippen LogP contribution in [0, 0.1) is 0 Å². The molecule has 6 nitrogen and oxygen atoms in total. The molecule has 3 aromatic carbocycles. The quantitative estimate of drug-likeness (QED) is 0.336. The zero-order chi connectivity index (χ0) is 23.3. The molecule has 0 aliphatic carbocycles. The van der Waals surface area contributed by atoms with Gasteiger partial charge < -0.3 is 16.0 Å². The van der Waals surface area contributed by atoms with Gasteiger partial charge in [0.25, 0.3) is 0 Å². The molecule has 0 saturated carbocycles. The van der Waals surface area contributed by atoms with Crippen LogP contribution in [0.1, 0.15) is 5.56 Å². The number of aromatic nitrogens is 2. The van der Waals surface area contributed by atoms with E-state index in [2.05, 4.69) is 25.9 Å². The fourth-order valence-electron chi connectivity index (χ4n) is 3.20. The number of carbonyl (C=O) groups is 1. The summed E-state index contributed by atoms with van der Waals surface area (Å²) in [7, 11) is 0. The van der Waals surface area contributed by atoms with Crippen LogP contribution in [-0.2, 0) is 6.18 Å². The molecule has 33 heavy (non-hydrogen) atoms. The van der Waals surface area contributed by atoms with Crippen molar-refractivity contribution in [2.45, 2.75) is 6.18 Å². The molecule has 4 rings (SSSR count). The molecule has 1 heterocycles. The highest BCUT2D eigenvalue weighted by atomic mass is 19.4. The van der Waals surface area contributed by atoms with Gasteiger partial charge in [-0.15, -0.1) is 0 Å². The van der Waals surface area contributed by atoms with Gasteiger partial charge in [0.05, 0.1) is 11.1 Å². The molecule has 0 aliphatic rings. The van der Waals surface area contributed by atoms with Crippen molar-refractivity contribution < 1.29 is 18.0 Å². The normalized spacial score (nSPS) is 11.2. The largest absolute Gasteiger partial charge is 0.416 e. The van der Waals surface area contributed by atoms with Crippen LogP contribution in [0.5, 0.6) is 0 Å². The van der Waals surface area contributed by atoms with Crippen molar-refractivity contribution in [3.05, 3.63) is 84.4 Å². The summed E-state index contributed by atoms with van der Waals surface area (Å²) < 4.78 is 37.9. The highest BCUT2D eigenvalue weighted by Gasteiger charge is 2.29. The number of alkyl halides is 3. The van der Waals surface area contributed by atoms with Gasteiger partial charge in [0.2, 0.25) is 0 Å². The number of amides is 2. The summed E-state index contributed by atoms with van der Waals surface area (Å²) in [5, 5.41) is 9.25. The van der Waals surface area contributed by atoms with Crippen molar-refractivity contribution in [1.82, 2.24) is 15.3 Å². The molecule has 2 amide bonds. The smallest absolute Gasteiger partial charge is 0.368 e. The minimum Gasteiger partial charge on any atom is -0.368 e. The number of halogens is 3. The van der Waals surface area contributed by atoms with E-state index in [0.29, 0.717) is 18.2 Å². The summed E-state index contributed by atoms with van der Waals surface area (Å²) >= 11 is 0. The second-order valence-corrected chi connectivity index (χ2v) is 7.16. The van der Waals surface area contributed by atoms with Crippen LogP contribution in [-0.4, -0.2) is 29.1 Å². The number of rotatable bonds is 6. The van der Waals surface area contributed by atoms with Crippen molar-refractivity contribution in [1.29, 1.82) is 0 Å². The summed E-state index contributed by atoms with van der Waals surface area (Å²) in [4.78, 5) is 21.3. The molecule has 0 bridgehead atoms. The summed E-state index contributed by atoms with van der Waals surface area (Å²) in [6.07, 6.45) is -4.42. The molecule has 0 unspecified atom stereocenters. The molecule has 0 fully saturated rings. The number of urea groups is 1. The van der Waals surface area contributed by atoms with Crippen LogP contribution in [0.25, 0.3) is 22.3 Å². The van der Waals surface area contributed by atoms with Gasteiger partial charge in [-0.05, 0) is 36.4 Å². The minimum absolute atomic E-state index is 0.266. The van der Waals surface area contributed by atoms with Crippen molar-refractivity contribution in [3.63, 3.8) is 0 Å². The first kappa shape index (κ1) is 22.1. The molecular formula is C24H20F3N5O. The van der Waals surface area contributed by atoms with E-state index < -0.39 is 17.8 Å². The lowest BCUT2D eigenvalue weighted by Gasteiger charge is -2.12. The Kier molecular flexibility index (Phi) is 6.39. The molecule has 0 saturated heterocycles. The predicted molar refractivity (Wildman–Crippen MR) is 122 cm³/mol. The van der Waals surface area contributed by atoms with E-state index in [-0.39, 0.29) is 12.2 Å². The molecule has 0 radical (unpaired) electrons. The van der Waals surface area contributed by atoms with Crippen LogP contribution in [0.3, 0.4) is 0 Å². The lowest BCUT2D eigenvalue weighted by molar-refractivity contribution is -0.137. The highest BCUT2D eigenvalue weighted by Crippen LogP contribution is 2.29.